The second-order valence-corrected chi connectivity index (χ2v) is 5.84. The number of carbonyl (C=O) groups is 2. The third-order valence-corrected chi connectivity index (χ3v) is 4.17. The molecule has 1 aromatic carbocycles. The van der Waals surface area contributed by atoms with Crippen molar-refractivity contribution in [3.05, 3.63) is 65.6 Å². The second-order valence-electron chi connectivity index (χ2n) is 5.84. The standard InChI is InChI=1S/C20H20N4O3/c1-3-27-19(25)13-24-14(2)17(16-6-4-5-7-18(16)24)12-22-23-20(26)15-8-10-21-11-9-15/h4-12H,3,13H2,1-2H3,(H,23,26)/b22-12+. The Balaban J connectivity index is 1.87. The number of nitrogens with zero attached hydrogens (tertiary/aromatic N) is 3. The molecule has 0 fully saturated rings. The Bertz CT molecular complexity index is 993. The van der Waals surface area contributed by atoms with E-state index < -0.39 is 0 Å². The molecule has 0 saturated carbocycles. The van der Waals surface area contributed by atoms with Crippen LogP contribution in [-0.2, 0) is 16.1 Å². The molecule has 2 aromatic heterocycles. The molecule has 0 saturated heterocycles. The number of benzene rings is 1. The van der Waals surface area contributed by atoms with Gasteiger partial charge in [0.1, 0.15) is 6.54 Å². The molecule has 7 nitrogen and oxygen atoms in total. The maximum absolute atomic E-state index is 12.1. The van der Waals surface area contributed by atoms with E-state index in [9.17, 15) is 9.59 Å². The lowest BCUT2D eigenvalue weighted by molar-refractivity contribution is -0.143. The van der Waals surface area contributed by atoms with Crippen LogP contribution in [-0.4, -0.2) is 34.2 Å². The van der Waals surface area contributed by atoms with Gasteiger partial charge in [0.15, 0.2) is 0 Å². The molecule has 3 aromatic rings. The van der Waals surface area contributed by atoms with Crippen LogP contribution in [0.2, 0.25) is 0 Å². The number of rotatable bonds is 6. The lowest BCUT2D eigenvalue weighted by Crippen LogP contribution is -2.17. The number of nitrogens with one attached hydrogen (secondary N) is 1. The van der Waals surface area contributed by atoms with Crippen LogP contribution in [0.4, 0.5) is 0 Å². The first kappa shape index (κ1) is 18.3. The summed E-state index contributed by atoms with van der Waals surface area (Å²) in [5, 5.41) is 5.03. The van der Waals surface area contributed by atoms with Gasteiger partial charge in [-0.3, -0.25) is 14.6 Å². The van der Waals surface area contributed by atoms with E-state index >= 15 is 0 Å². The quantitative estimate of drug-likeness (QED) is 0.414. The van der Waals surface area contributed by atoms with Gasteiger partial charge in [-0.25, -0.2) is 5.43 Å². The van der Waals surface area contributed by atoms with Gasteiger partial charge in [-0.05, 0) is 32.0 Å². The number of hydrogen-bond donors (Lipinski definition) is 1. The van der Waals surface area contributed by atoms with Crippen molar-refractivity contribution in [1.29, 1.82) is 0 Å². The van der Waals surface area contributed by atoms with E-state index in [0.29, 0.717) is 12.2 Å². The zero-order chi connectivity index (χ0) is 19.2. The second kappa shape index (κ2) is 8.27. The van der Waals surface area contributed by atoms with Gasteiger partial charge >= 0.3 is 5.97 Å². The van der Waals surface area contributed by atoms with Gasteiger partial charge in [0.05, 0.1) is 12.8 Å². The molecule has 2 heterocycles. The van der Waals surface area contributed by atoms with Crippen molar-refractivity contribution in [2.45, 2.75) is 20.4 Å². The van der Waals surface area contributed by atoms with Crippen LogP contribution < -0.4 is 5.43 Å². The Kier molecular flexibility index (Phi) is 5.61. The van der Waals surface area contributed by atoms with Crippen LogP contribution in [0, 0.1) is 6.92 Å². The van der Waals surface area contributed by atoms with Crippen molar-refractivity contribution in [2.24, 2.45) is 5.10 Å². The Morgan fingerprint density at radius 2 is 1.96 bits per heavy atom. The molecule has 1 amide bonds. The van der Waals surface area contributed by atoms with Crippen LogP contribution in [0.1, 0.15) is 28.5 Å². The number of amides is 1. The van der Waals surface area contributed by atoms with Gasteiger partial charge in [-0.1, -0.05) is 18.2 Å². The number of fused-ring (bicyclic) bond motifs is 1. The van der Waals surface area contributed by atoms with Crippen LogP contribution in [0.5, 0.6) is 0 Å². The molecule has 138 valence electrons. The third-order valence-electron chi connectivity index (χ3n) is 4.17. The fraction of sp³-hybridized carbons (Fsp3) is 0.200. The minimum Gasteiger partial charge on any atom is -0.465 e. The van der Waals surface area contributed by atoms with Crippen molar-refractivity contribution in [3.8, 4) is 0 Å². The van der Waals surface area contributed by atoms with Crippen molar-refractivity contribution in [1.82, 2.24) is 15.0 Å². The molecule has 3 rings (SSSR count). The van der Waals surface area contributed by atoms with Crippen molar-refractivity contribution < 1.29 is 14.3 Å². The maximum atomic E-state index is 12.1. The smallest absolute Gasteiger partial charge is 0.325 e. The average Bonchev–Trinajstić information content (AvgIpc) is 2.94. The number of pyridine rings is 1. The summed E-state index contributed by atoms with van der Waals surface area (Å²) in [7, 11) is 0. The minimum atomic E-state index is -0.318. The number of carbonyl (C=O) groups excluding carboxylic acids is 2. The topological polar surface area (TPSA) is 85.6 Å². The molecule has 7 heteroatoms. The molecule has 0 unspecified atom stereocenters. The summed E-state index contributed by atoms with van der Waals surface area (Å²) >= 11 is 0. The summed E-state index contributed by atoms with van der Waals surface area (Å²) in [6, 6.07) is 11.0. The number of hydrogen-bond acceptors (Lipinski definition) is 5. The minimum absolute atomic E-state index is 0.122. The molecule has 0 spiro atoms. The third kappa shape index (κ3) is 4.03. The molecule has 1 N–H and O–H groups in total. The summed E-state index contributed by atoms with van der Waals surface area (Å²) in [5.41, 5.74) is 5.60. The molecule has 0 radical (unpaired) electrons. The number of aromatic nitrogens is 2. The Morgan fingerprint density at radius 1 is 1.22 bits per heavy atom. The molecule has 0 aliphatic carbocycles. The van der Waals surface area contributed by atoms with E-state index in [1.54, 1.807) is 37.7 Å². The molecular formula is C20H20N4O3. The fourth-order valence-corrected chi connectivity index (χ4v) is 2.88. The highest BCUT2D eigenvalue weighted by molar-refractivity contribution is 6.02. The van der Waals surface area contributed by atoms with Gasteiger partial charge in [-0.2, -0.15) is 5.10 Å². The molecule has 0 aliphatic heterocycles. The Morgan fingerprint density at radius 3 is 2.70 bits per heavy atom. The lowest BCUT2D eigenvalue weighted by Gasteiger charge is -2.07. The summed E-state index contributed by atoms with van der Waals surface area (Å²) < 4.78 is 6.95. The predicted octanol–water partition coefficient (Wildman–Crippen LogP) is 2.67. The van der Waals surface area contributed by atoms with E-state index in [4.69, 9.17) is 4.74 Å². The van der Waals surface area contributed by atoms with Crippen LogP contribution in [0.15, 0.2) is 53.9 Å². The monoisotopic (exact) mass is 364 g/mol. The Hall–Kier alpha value is -3.48. The zero-order valence-corrected chi connectivity index (χ0v) is 15.2. The molecule has 0 atom stereocenters. The molecule has 0 bridgehead atoms. The van der Waals surface area contributed by atoms with Gasteiger partial charge in [0.2, 0.25) is 0 Å². The highest BCUT2D eigenvalue weighted by Gasteiger charge is 2.15. The lowest BCUT2D eigenvalue weighted by atomic mass is 10.1. The normalized spacial score (nSPS) is 11.0. The van der Waals surface area contributed by atoms with E-state index in [1.807, 2.05) is 35.8 Å². The van der Waals surface area contributed by atoms with Gasteiger partial charge in [0.25, 0.3) is 5.91 Å². The van der Waals surface area contributed by atoms with E-state index in [1.165, 1.54) is 0 Å². The first-order valence-electron chi connectivity index (χ1n) is 8.58. The first-order valence-corrected chi connectivity index (χ1v) is 8.58. The van der Waals surface area contributed by atoms with Gasteiger partial charge in [-0.15, -0.1) is 0 Å². The van der Waals surface area contributed by atoms with E-state index in [-0.39, 0.29) is 18.4 Å². The molecule has 27 heavy (non-hydrogen) atoms. The molecular weight excluding hydrogens is 344 g/mol. The Labute approximate surface area is 156 Å². The highest BCUT2D eigenvalue weighted by Crippen LogP contribution is 2.24. The maximum Gasteiger partial charge on any atom is 0.325 e. The fourth-order valence-electron chi connectivity index (χ4n) is 2.88. The molecule has 0 aliphatic rings. The highest BCUT2D eigenvalue weighted by atomic mass is 16.5. The number of esters is 1. The van der Waals surface area contributed by atoms with Gasteiger partial charge in [0, 0.05) is 40.1 Å². The van der Waals surface area contributed by atoms with Crippen LogP contribution in [0.25, 0.3) is 10.9 Å². The summed E-state index contributed by atoms with van der Waals surface area (Å²) in [6.45, 7) is 4.15. The number of hydrazone groups is 1. The zero-order valence-electron chi connectivity index (χ0n) is 15.2. The van der Waals surface area contributed by atoms with Crippen LogP contribution >= 0.6 is 0 Å². The predicted molar refractivity (Wildman–Crippen MR) is 103 cm³/mol. The largest absolute Gasteiger partial charge is 0.465 e. The number of ether oxygens (including phenoxy) is 1. The number of para-hydroxylation sites is 1. The van der Waals surface area contributed by atoms with Crippen molar-refractivity contribution in [2.75, 3.05) is 6.61 Å². The summed E-state index contributed by atoms with van der Waals surface area (Å²) in [4.78, 5) is 27.9. The van der Waals surface area contributed by atoms with Gasteiger partial charge < -0.3 is 9.30 Å². The van der Waals surface area contributed by atoms with Crippen LogP contribution in [0.3, 0.4) is 0 Å². The van der Waals surface area contributed by atoms with Crippen molar-refractivity contribution >= 4 is 29.0 Å². The van der Waals surface area contributed by atoms with E-state index in [0.717, 1.165) is 22.2 Å². The van der Waals surface area contributed by atoms with E-state index in [2.05, 4.69) is 15.5 Å². The SMILES string of the molecule is CCOC(=O)Cn1c(C)c(/C=N/NC(=O)c2ccncc2)c2ccccc21. The average molecular weight is 364 g/mol. The summed E-state index contributed by atoms with van der Waals surface area (Å²) in [5.74, 6) is -0.614. The summed E-state index contributed by atoms with van der Waals surface area (Å²) in [6.07, 6.45) is 4.69. The van der Waals surface area contributed by atoms with Crippen molar-refractivity contribution in [3.63, 3.8) is 0 Å². The first-order chi connectivity index (χ1) is 13.1.